The average Bonchev–Trinajstić information content (AvgIpc) is 2.68. The molecule has 3 atom stereocenters. The number of carboxylic acids is 1. The Kier molecular flexibility index (Phi) is 6.19. The Morgan fingerprint density at radius 2 is 2.10 bits per heavy atom. The zero-order valence-corrected chi connectivity index (χ0v) is 13.1. The molecular formula is C13H20N2O5S. The third-order valence-corrected chi connectivity index (χ3v) is 4.61. The van der Waals surface area contributed by atoms with Gasteiger partial charge in [-0.15, -0.1) is 11.8 Å². The molecule has 118 valence electrons. The van der Waals surface area contributed by atoms with Gasteiger partial charge in [0, 0.05) is 25.1 Å². The largest absolute Gasteiger partial charge is 0.480 e. The van der Waals surface area contributed by atoms with E-state index in [0.717, 1.165) is 11.8 Å². The van der Waals surface area contributed by atoms with Gasteiger partial charge in [0.15, 0.2) is 0 Å². The molecule has 0 bridgehead atoms. The number of imide groups is 1. The molecular weight excluding hydrogens is 296 g/mol. The van der Waals surface area contributed by atoms with Crippen LogP contribution in [0.3, 0.4) is 0 Å². The van der Waals surface area contributed by atoms with Crippen molar-refractivity contribution in [3.8, 4) is 0 Å². The molecule has 7 nitrogen and oxygen atoms in total. The topological polar surface area (TPSA) is 104 Å². The molecule has 0 aliphatic carbocycles. The van der Waals surface area contributed by atoms with Gasteiger partial charge in [0.05, 0.1) is 5.25 Å². The van der Waals surface area contributed by atoms with Gasteiger partial charge in [0.2, 0.25) is 17.7 Å². The Labute approximate surface area is 127 Å². The van der Waals surface area contributed by atoms with E-state index in [9.17, 15) is 19.2 Å². The SMILES string of the molecule is CCC(C)N1C(=O)CC(SCC(NC(C)=O)C(=O)O)C1=O. The van der Waals surface area contributed by atoms with Gasteiger partial charge in [-0.3, -0.25) is 19.3 Å². The lowest BCUT2D eigenvalue weighted by Gasteiger charge is -2.21. The minimum Gasteiger partial charge on any atom is -0.480 e. The third kappa shape index (κ3) is 4.45. The first-order chi connectivity index (χ1) is 9.77. The number of hydrogen-bond acceptors (Lipinski definition) is 5. The number of thioether (sulfide) groups is 1. The highest BCUT2D eigenvalue weighted by molar-refractivity contribution is 8.00. The van der Waals surface area contributed by atoms with Crippen LogP contribution in [-0.4, -0.2) is 56.8 Å². The van der Waals surface area contributed by atoms with E-state index < -0.39 is 23.2 Å². The second-order valence-electron chi connectivity index (χ2n) is 4.98. The molecule has 0 radical (unpaired) electrons. The standard InChI is InChI=1S/C13H20N2O5S/c1-4-7(2)15-11(17)5-10(12(15)18)21-6-9(13(19)20)14-8(3)16/h7,9-10H,4-6H2,1-3H3,(H,14,16)(H,19,20). The van der Waals surface area contributed by atoms with Crippen molar-refractivity contribution in [3.05, 3.63) is 0 Å². The molecule has 3 amide bonds. The number of hydrogen-bond donors (Lipinski definition) is 2. The maximum absolute atomic E-state index is 12.2. The summed E-state index contributed by atoms with van der Waals surface area (Å²) in [5.41, 5.74) is 0. The van der Waals surface area contributed by atoms with Crippen LogP contribution in [0.15, 0.2) is 0 Å². The van der Waals surface area contributed by atoms with Crippen molar-refractivity contribution >= 4 is 35.5 Å². The van der Waals surface area contributed by atoms with Crippen molar-refractivity contribution in [2.24, 2.45) is 0 Å². The summed E-state index contributed by atoms with van der Waals surface area (Å²) in [5.74, 6) is -2.05. The molecule has 1 rings (SSSR count). The minimum absolute atomic E-state index is 0.0486. The molecule has 1 heterocycles. The summed E-state index contributed by atoms with van der Waals surface area (Å²) >= 11 is 1.10. The maximum Gasteiger partial charge on any atom is 0.327 e. The van der Waals surface area contributed by atoms with Crippen LogP contribution in [0.5, 0.6) is 0 Å². The summed E-state index contributed by atoms with van der Waals surface area (Å²) in [7, 11) is 0. The number of rotatable bonds is 7. The van der Waals surface area contributed by atoms with Crippen molar-refractivity contribution in [2.45, 2.75) is 50.9 Å². The number of likely N-dealkylation sites (tertiary alicyclic amines) is 1. The Bertz CT molecular complexity index is 454. The Hall–Kier alpha value is -1.57. The Morgan fingerprint density at radius 3 is 2.57 bits per heavy atom. The van der Waals surface area contributed by atoms with Crippen molar-refractivity contribution in [3.63, 3.8) is 0 Å². The number of carboxylic acid groups (broad SMARTS) is 1. The van der Waals surface area contributed by atoms with Crippen molar-refractivity contribution < 1.29 is 24.3 Å². The summed E-state index contributed by atoms with van der Waals surface area (Å²) in [6.45, 7) is 4.93. The molecule has 1 fully saturated rings. The molecule has 0 aromatic heterocycles. The number of aliphatic carboxylic acids is 1. The van der Waals surface area contributed by atoms with Gasteiger partial charge in [0.1, 0.15) is 6.04 Å². The Balaban J connectivity index is 2.63. The lowest BCUT2D eigenvalue weighted by Crippen LogP contribution is -2.42. The van der Waals surface area contributed by atoms with Crippen LogP contribution in [0, 0.1) is 0 Å². The van der Waals surface area contributed by atoms with E-state index in [4.69, 9.17) is 5.11 Å². The van der Waals surface area contributed by atoms with Gasteiger partial charge in [-0.2, -0.15) is 0 Å². The van der Waals surface area contributed by atoms with Crippen molar-refractivity contribution in [2.75, 3.05) is 5.75 Å². The van der Waals surface area contributed by atoms with Crippen LogP contribution in [0.2, 0.25) is 0 Å². The molecule has 8 heteroatoms. The fraction of sp³-hybridized carbons (Fsp3) is 0.692. The molecule has 1 saturated heterocycles. The molecule has 1 aliphatic heterocycles. The van der Waals surface area contributed by atoms with Gasteiger partial charge >= 0.3 is 5.97 Å². The fourth-order valence-electron chi connectivity index (χ4n) is 2.03. The summed E-state index contributed by atoms with van der Waals surface area (Å²) in [6.07, 6.45) is 0.763. The molecule has 0 aromatic rings. The van der Waals surface area contributed by atoms with Crippen molar-refractivity contribution in [1.29, 1.82) is 0 Å². The van der Waals surface area contributed by atoms with Gasteiger partial charge < -0.3 is 10.4 Å². The first kappa shape index (κ1) is 17.5. The molecule has 0 aromatic carbocycles. The second-order valence-corrected chi connectivity index (χ2v) is 6.21. The lowest BCUT2D eigenvalue weighted by atomic mass is 10.2. The predicted molar refractivity (Wildman–Crippen MR) is 77.7 cm³/mol. The summed E-state index contributed by atoms with van der Waals surface area (Å²) < 4.78 is 0. The highest BCUT2D eigenvalue weighted by Crippen LogP contribution is 2.27. The van der Waals surface area contributed by atoms with Crippen LogP contribution < -0.4 is 5.32 Å². The normalized spacial score (nSPS) is 21.3. The monoisotopic (exact) mass is 316 g/mol. The number of amides is 3. The van der Waals surface area contributed by atoms with E-state index in [1.165, 1.54) is 11.8 Å². The number of nitrogens with zero attached hydrogens (tertiary/aromatic N) is 1. The van der Waals surface area contributed by atoms with E-state index in [2.05, 4.69) is 5.32 Å². The molecule has 1 aliphatic rings. The quantitative estimate of drug-likeness (QED) is 0.652. The number of nitrogens with one attached hydrogen (secondary N) is 1. The van der Waals surface area contributed by atoms with E-state index in [1.54, 1.807) is 6.92 Å². The van der Waals surface area contributed by atoms with Crippen LogP contribution in [-0.2, 0) is 19.2 Å². The van der Waals surface area contributed by atoms with E-state index in [-0.39, 0.29) is 30.0 Å². The zero-order chi connectivity index (χ0) is 16.2. The highest BCUT2D eigenvalue weighted by atomic mass is 32.2. The van der Waals surface area contributed by atoms with Gasteiger partial charge in [0.25, 0.3) is 0 Å². The molecule has 21 heavy (non-hydrogen) atoms. The highest BCUT2D eigenvalue weighted by Gasteiger charge is 2.41. The first-order valence-electron chi connectivity index (χ1n) is 6.75. The summed E-state index contributed by atoms with van der Waals surface area (Å²) in [6, 6.07) is -1.21. The second kappa shape index (κ2) is 7.44. The lowest BCUT2D eigenvalue weighted by molar-refractivity contribution is -0.141. The Morgan fingerprint density at radius 1 is 1.48 bits per heavy atom. The van der Waals surface area contributed by atoms with Gasteiger partial charge in [-0.05, 0) is 13.3 Å². The van der Waals surface area contributed by atoms with E-state index in [0.29, 0.717) is 6.42 Å². The van der Waals surface area contributed by atoms with Crippen LogP contribution in [0.25, 0.3) is 0 Å². The van der Waals surface area contributed by atoms with Gasteiger partial charge in [-0.25, -0.2) is 4.79 Å². The maximum atomic E-state index is 12.2. The third-order valence-electron chi connectivity index (χ3n) is 3.31. The van der Waals surface area contributed by atoms with Crippen LogP contribution >= 0.6 is 11.8 Å². The fourth-order valence-corrected chi connectivity index (χ4v) is 3.20. The zero-order valence-electron chi connectivity index (χ0n) is 12.3. The number of carbonyl (C=O) groups excluding carboxylic acids is 3. The van der Waals surface area contributed by atoms with E-state index >= 15 is 0 Å². The van der Waals surface area contributed by atoms with Crippen LogP contribution in [0.1, 0.15) is 33.6 Å². The predicted octanol–water partition coefficient (Wildman–Crippen LogP) is 0.235. The summed E-state index contributed by atoms with van der Waals surface area (Å²) in [4.78, 5) is 47.2. The molecule has 2 N–H and O–H groups in total. The summed E-state index contributed by atoms with van der Waals surface area (Å²) in [5, 5.41) is 10.7. The van der Waals surface area contributed by atoms with Crippen LogP contribution in [0.4, 0.5) is 0 Å². The molecule has 3 unspecified atom stereocenters. The van der Waals surface area contributed by atoms with Gasteiger partial charge in [-0.1, -0.05) is 6.92 Å². The smallest absolute Gasteiger partial charge is 0.327 e. The first-order valence-corrected chi connectivity index (χ1v) is 7.80. The molecule has 0 saturated carbocycles. The number of carbonyl (C=O) groups is 4. The minimum atomic E-state index is -1.16. The van der Waals surface area contributed by atoms with E-state index in [1.807, 2.05) is 6.92 Å². The molecule has 0 spiro atoms. The average molecular weight is 316 g/mol. The van der Waals surface area contributed by atoms with Crippen molar-refractivity contribution in [1.82, 2.24) is 10.2 Å².